The number of thiophene rings is 1. The normalized spacial score (nSPS) is 20.0. The number of likely N-dealkylation sites (tertiary alicyclic amines) is 1. The summed E-state index contributed by atoms with van der Waals surface area (Å²) in [6, 6.07) is 3.52. The van der Waals surface area contributed by atoms with Crippen LogP contribution in [0.2, 0.25) is 0 Å². The van der Waals surface area contributed by atoms with Crippen molar-refractivity contribution in [1.82, 2.24) is 15.5 Å². The summed E-state index contributed by atoms with van der Waals surface area (Å²) in [6.45, 7) is 3.42. The van der Waals surface area contributed by atoms with Crippen LogP contribution in [0.3, 0.4) is 0 Å². The number of hydrogen-bond donors (Lipinski definition) is 2. The first-order valence-electron chi connectivity index (χ1n) is 6.88. The van der Waals surface area contributed by atoms with Crippen LogP contribution in [0.4, 0.5) is 4.79 Å². The largest absolute Gasteiger partial charge is 0.344 e. The van der Waals surface area contributed by atoms with Crippen LogP contribution in [0, 0.1) is 5.92 Å². The Hall–Kier alpha value is -1.56. The standard InChI is InChI=1S/C14H21N3O2S/c1-10(8-11-4-3-7-20-11)9-15-14(19)16-12-5-6-17(2)13(12)18/h3-4,7,10,12H,5-6,8-9H2,1-2H3,(H2,15,16,19). The minimum atomic E-state index is -0.368. The molecule has 0 saturated carbocycles. The number of nitrogens with one attached hydrogen (secondary N) is 2. The van der Waals surface area contributed by atoms with Crippen LogP contribution in [0.15, 0.2) is 17.5 Å². The predicted molar refractivity (Wildman–Crippen MR) is 79.8 cm³/mol. The molecule has 1 fully saturated rings. The van der Waals surface area contributed by atoms with Gasteiger partial charge in [0.2, 0.25) is 5.91 Å². The van der Waals surface area contributed by atoms with Gasteiger partial charge in [0.05, 0.1) is 0 Å². The van der Waals surface area contributed by atoms with E-state index in [1.54, 1.807) is 23.3 Å². The van der Waals surface area contributed by atoms with Gasteiger partial charge in [0.1, 0.15) is 6.04 Å². The van der Waals surface area contributed by atoms with Crippen LogP contribution in [-0.4, -0.2) is 43.0 Å². The van der Waals surface area contributed by atoms with E-state index < -0.39 is 0 Å². The highest BCUT2D eigenvalue weighted by atomic mass is 32.1. The number of amides is 3. The van der Waals surface area contributed by atoms with Gasteiger partial charge < -0.3 is 15.5 Å². The van der Waals surface area contributed by atoms with Crippen molar-refractivity contribution >= 4 is 23.3 Å². The lowest BCUT2D eigenvalue weighted by Crippen LogP contribution is -2.46. The average molecular weight is 295 g/mol. The van der Waals surface area contributed by atoms with E-state index in [1.807, 2.05) is 6.07 Å². The molecule has 0 aliphatic carbocycles. The molecule has 1 aliphatic rings. The summed E-state index contributed by atoms with van der Waals surface area (Å²) in [5, 5.41) is 7.64. The smallest absolute Gasteiger partial charge is 0.315 e. The summed E-state index contributed by atoms with van der Waals surface area (Å²) in [7, 11) is 1.75. The van der Waals surface area contributed by atoms with E-state index in [1.165, 1.54) is 4.88 Å². The van der Waals surface area contributed by atoms with E-state index in [9.17, 15) is 9.59 Å². The van der Waals surface area contributed by atoms with E-state index in [0.29, 0.717) is 25.4 Å². The second kappa shape index (κ2) is 6.74. The molecular weight excluding hydrogens is 274 g/mol. The van der Waals surface area contributed by atoms with Crippen LogP contribution >= 0.6 is 11.3 Å². The molecule has 2 N–H and O–H groups in total. The summed E-state index contributed by atoms with van der Waals surface area (Å²) in [4.78, 5) is 26.4. The van der Waals surface area contributed by atoms with Crippen LogP contribution in [0.25, 0.3) is 0 Å². The summed E-state index contributed by atoms with van der Waals surface area (Å²) >= 11 is 1.73. The fourth-order valence-corrected chi connectivity index (χ4v) is 3.15. The summed E-state index contributed by atoms with van der Waals surface area (Å²) in [5.74, 6) is 0.369. The molecule has 0 radical (unpaired) electrons. The number of carbonyl (C=O) groups excluding carboxylic acids is 2. The molecule has 0 spiro atoms. The molecule has 2 unspecified atom stereocenters. The van der Waals surface area contributed by atoms with Crippen LogP contribution in [0.5, 0.6) is 0 Å². The lowest BCUT2D eigenvalue weighted by Gasteiger charge is -2.15. The van der Waals surface area contributed by atoms with E-state index >= 15 is 0 Å². The third-order valence-electron chi connectivity index (χ3n) is 3.47. The summed E-state index contributed by atoms with van der Waals surface area (Å²) < 4.78 is 0. The molecule has 6 heteroatoms. The monoisotopic (exact) mass is 295 g/mol. The van der Waals surface area contributed by atoms with Crippen molar-refractivity contribution < 1.29 is 9.59 Å². The van der Waals surface area contributed by atoms with E-state index in [-0.39, 0.29) is 18.0 Å². The maximum atomic E-state index is 11.8. The molecular formula is C14H21N3O2S. The lowest BCUT2D eigenvalue weighted by molar-refractivity contribution is -0.128. The first-order chi connectivity index (χ1) is 9.56. The highest BCUT2D eigenvalue weighted by Gasteiger charge is 2.30. The molecule has 110 valence electrons. The minimum Gasteiger partial charge on any atom is -0.344 e. The number of hydrogen-bond acceptors (Lipinski definition) is 3. The van der Waals surface area contributed by atoms with Gasteiger partial charge in [-0.3, -0.25) is 4.79 Å². The fourth-order valence-electron chi connectivity index (χ4n) is 2.28. The number of urea groups is 1. The van der Waals surface area contributed by atoms with Crippen molar-refractivity contribution in [2.75, 3.05) is 20.1 Å². The van der Waals surface area contributed by atoms with Gasteiger partial charge in [-0.25, -0.2) is 4.79 Å². The third-order valence-corrected chi connectivity index (χ3v) is 4.37. The Labute approximate surface area is 123 Å². The summed E-state index contributed by atoms with van der Waals surface area (Å²) in [5.41, 5.74) is 0. The molecule has 2 atom stereocenters. The minimum absolute atomic E-state index is 0.00761. The van der Waals surface area contributed by atoms with Gasteiger partial charge in [-0.2, -0.15) is 0 Å². The first kappa shape index (κ1) is 14.8. The van der Waals surface area contributed by atoms with Crippen molar-refractivity contribution in [2.45, 2.75) is 25.8 Å². The molecule has 20 heavy (non-hydrogen) atoms. The molecule has 5 nitrogen and oxygen atoms in total. The zero-order valence-corrected chi connectivity index (χ0v) is 12.7. The molecule has 2 heterocycles. The maximum absolute atomic E-state index is 11.8. The van der Waals surface area contributed by atoms with E-state index in [0.717, 1.165) is 6.42 Å². The van der Waals surface area contributed by atoms with E-state index in [2.05, 4.69) is 29.0 Å². The third kappa shape index (κ3) is 3.96. The van der Waals surface area contributed by atoms with Crippen molar-refractivity contribution in [3.63, 3.8) is 0 Å². The fraction of sp³-hybridized carbons (Fsp3) is 0.571. The molecule has 1 aromatic rings. The van der Waals surface area contributed by atoms with Gasteiger partial charge in [-0.15, -0.1) is 11.3 Å². The zero-order chi connectivity index (χ0) is 14.5. The molecule has 3 amide bonds. The lowest BCUT2D eigenvalue weighted by atomic mass is 10.1. The van der Waals surface area contributed by atoms with Crippen LogP contribution < -0.4 is 10.6 Å². The average Bonchev–Trinajstić information content (AvgIpc) is 3.02. The number of rotatable bonds is 5. The molecule has 1 saturated heterocycles. The maximum Gasteiger partial charge on any atom is 0.315 e. The SMILES string of the molecule is CC(CNC(=O)NC1CCN(C)C1=O)Cc1cccs1. The van der Waals surface area contributed by atoms with Crippen LogP contribution in [0.1, 0.15) is 18.2 Å². The Morgan fingerprint density at radius 1 is 1.60 bits per heavy atom. The molecule has 0 aromatic carbocycles. The second-order valence-corrected chi connectivity index (χ2v) is 6.38. The van der Waals surface area contributed by atoms with Gasteiger partial charge in [-0.05, 0) is 30.2 Å². The van der Waals surface area contributed by atoms with Gasteiger partial charge in [0, 0.05) is 25.0 Å². The molecule has 1 aromatic heterocycles. The van der Waals surface area contributed by atoms with Gasteiger partial charge >= 0.3 is 6.03 Å². The first-order valence-corrected chi connectivity index (χ1v) is 7.76. The topological polar surface area (TPSA) is 61.4 Å². The van der Waals surface area contributed by atoms with Crippen molar-refractivity contribution in [3.8, 4) is 0 Å². The van der Waals surface area contributed by atoms with Gasteiger partial charge in [-0.1, -0.05) is 13.0 Å². The van der Waals surface area contributed by atoms with Crippen LogP contribution in [-0.2, 0) is 11.2 Å². The Morgan fingerprint density at radius 3 is 3.00 bits per heavy atom. The van der Waals surface area contributed by atoms with E-state index in [4.69, 9.17) is 0 Å². The Bertz CT molecular complexity index is 461. The Morgan fingerprint density at radius 2 is 2.40 bits per heavy atom. The molecule has 0 bridgehead atoms. The Balaban J connectivity index is 1.68. The Kier molecular flexibility index (Phi) is 5.00. The quantitative estimate of drug-likeness (QED) is 0.864. The highest BCUT2D eigenvalue weighted by Crippen LogP contribution is 2.13. The van der Waals surface area contributed by atoms with Crippen molar-refractivity contribution in [3.05, 3.63) is 22.4 Å². The predicted octanol–water partition coefficient (Wildman–Crippen LogP) is 1.46. The highest BCUT2D eigenvalue weighted by molar-refractivity contribution is 7.09. The zero-order valence-electron chi connectivity index (χ0n) is 11.9. The second-order valence-electron chi connectivity index (χ2n) is 5.34. The van der Waals surface area contributed by atoms with Crippen molar-refractivity contribution in [2.24, 2.45) is 5.92 Å². The number of carbonyl (C=O) groups is 2. The number of likely N-dealkylation sites (N-methyl/N-ethyl adjacent to an activating group) is 1. The van der Waals surface area contributed by atoms with Gasteiger partial charge in [0.25, 0.3) is 0 Å². The number of nitrogens with zero attached hydrogens (tertiary/aromatic N) is 1. The molecule has 1 aliphatic heterocycles. The summed E-state index contributed by atoms with van der Waals surface area (Å²) in [6.07, 6.45) is 1.65. The van der Waals surface area contributed by atoms with Gasteiger partial charge in [0.15, 0.2) is 0 Å². The molecule has 2 rings (SSSR count). The van der Waals surface area contributed by atoms with Crippen molar-refractivity contribution in [1.29, 1.82) is 0 Å².